The second kappa shape index (κ2) is 9.96. The number of nitrogens with one attached hydrogen (secondary N) is 1. The minimum atomic E-state index is -3.72. The number of phenols is 1. The van der Waals surface area contributed by atoms with E-state index in [9.17, 15) is 18.3 Å². The minimum Gasteiger partial charge on any atom is -0.508 e. The Balaban J connectivity index is 2.03. The van der Waals surface area contributed by atoms with Crippen LogP contribution in [0.4, 0.5) is 5.69 Å². The van der Waals surface area contributed by atoms with Gasteiger partial charge in [-0.3, -0.25) is 9.52 Å². The van der Waals surface area contributed by atoms with Crippen LogP contribution in [-0.4, -0.2) is 24.6 Å². The third kappa shape index (κ3) is 6.63. The van der Waals surface area contributed by atoms with Crippen LogP contribution in [0.1, 0.15) is 56.6 Å². The van der Waals surface area contributed by atoms with E-state index >= 15 is 0 Å². The number of carbonyl (C=O) groups is 1. The summed E-state index contributed by atoms with van der Waals surface area (Å²) in [4.78, 5) is 10.8. The van der Waals surface area contributed by atoms with E-state index in [4.69, 9.17) is 5.11 Å². The fourth-order valence-electron chi connectivity index (χ4n) is 3.64. The number of hydrogen-bond acceptors (Lipinski definition) is 4. The Hall–Kier alpha value is -2.28. The number of anilines is 1. The number of aromatic hydroxyl groups is 1. The quantitative estimate of drug-likeness (QED) is 0.369. The first-order chi connectivity index (χ1) is 13.6. The molecule has 0 amide bonds. The Labute approximate surface area is 173 Å². The van der Waals surface area contributed by atoms with E-state index in [0.29, 0.717) is 23.2 Å². The molecule has 2 atom stereocenters. The second-order valence-corrected chi connectivity index (χ2v) is 9.54. The van der Waals surface area contributed by atoms with Crippen LogP contribution in [0.15, 0.2) is 35.3 Å². The maximum Gasteiger partial charge on any atom is 0.303 e. The van der Waals surface area contributed by atoms with E-state index in [1.165, 1.54) is 12.1 Å². The molecular weight excluding hydrogens is 390 g/mol. The van der Waals surface area contributed by atoms with E-state index < -0.39 is 16.0 Å². The fraction of sp³-hybridized carbons (Fsp3) is 0.500. The number of unbranched alkanes of at least 4 members (excludes halogenated alkanes) is 3. The molecule has 1 aromatic carbocycles. The van der Waals surface area contributed by atoms with Crippen molar-refractivity contribution >= 4 is 21.7 Å². The lowest BCUT2D eigenvalue weighted by Gasteiger charge is -2.24. The molecule has 0 bridgehead atoms. The molecule has 0 saturated heterocycles. The molecule has 0 aliphatic heterocycles. The van der Waals surface area contributed by atoms with Crippen LogP contribution in [-0.2, 0) is 14.8 Å². The molecule has 1 aliphatic carbocycles. The Morgan fingerprint density at radius 1 is 1.10 bits per heavy atom. The molecule has 6 nitrogen and oxygen atoms in total. The summed E-state index contributed by atoms with van der Waals surface area (Å²) in [7, 11) is -3.72. The Bertz CT molecular complexity index is 879. The molecule has 0 radical (unpaired) electrons. The molecule has 0 spiro atoms. The summed E-state index contributed by atoms with van der Waals surface area (Å²) in [5.74, 6) is -0.268. The van der Waals surface area contributed by atoms with Crippen molar-refractivity contribution in [1.82, 2.24) is 0 Å². The normalized spacial score (nSPS) is 19.1. The fourth-order valence-corrected chi connectivity index (χ4v) is 4.96. The summed E-state index contributed by atoms with van der Waals surface area (Å²) in [6.45, 7) is 5.59. The maximum absolute atomic E-state index is 12.9. The lowest BCUT2D eigenvalue weighted by atomic mass is 9.86. The molecule has 2 rings (SSSR count). The van der Waals surface area contributed by atoms with Gasteiger partial charge in [0.05, 0.1) is 10.6 Å². The number of aliphatic carboxylic acids is 1. The van der Waals surface area contributed by atoms with Crippen LogP contribution >= 0.6 is 0 Å². The second-order valence-electron chi connectivity index (χ2n) is 7.86. The maximum atomic E-state index is 12.9. The van der Waals surface area contributed by atoms with E-state index in [-0.39, 0.29) is 28.9 Å². The van der Waals surface area contributed by atoms with Crippen molar-refractivity contribution in [1.29, 1.82) is 0 Å². The zero-order valence-electron chi connectivity index (χ0n) is 17.3. The number of sulfonamides is 1. The molecule has 0 aromatic heterocycles. The molecule has 0 fully saturated rings. The Morgan fingerprint density at radius 2 is 1.72 bits per heavy atom. The third-order valence-corrected chi connectivity index (χ3v) is 6.73. The zero-order valence-corrected chi connectivity index (χ0v) is 18.1. The largest absolute Gasteiger partial charge is 0.508 e. The van der Waals surface area contributed by atoms with Gasteiger partial charge in [0.1, 0.15) is 5.75 Å². The van der Waals surface area contributed by atoms with Gasteiger partial charge in [-0.25, -0.2) is 8.42 Å². The van der Waals surface area contributed by atoms with Gasteiger partial charge in [-0.15, -0.1) is 0 Å². The first-order valence-corrected chi connectivity index (χ1v) is 11.5. The van der Waals surface area contributed by atoms with E-state index in [0.717, 1.165) is 25.7 Å². The summed E-state index contributed by atoms with van der Waals surface area (Å²) < 4.78 is 28.5. The van der Waals surface area contributed by atoms with Gasteiger partial charge in [-0.2, -0.15) is 0 Å². The summed E-state index contributed by atoms with van der Waals surface area (Å²) in [6, 6.07) is 3.07. The highest BCUT2D eigenvalue weighted by molar-refractivity contribution is 7.96. The van der Waals surface area contributed by atoms with Gasteiger partial charge in [0.25, 0.3) is 10.0 Å². The number of aryl methyl sites for hydroxylation is 2. The highest BCUT2D eigenvalue weighted by Crippen LogP contribution is 2.32. The van der Waals surface area contributed by atoms with Crippen molar-refractivity contribution in [3.8, 4) is 5.75 Å². The Morgan fingerprint density at radius 3 is 2.34 bits per heavy atom. The van der Waals surface area contributed by atoms with Gasteiger partial charge in [0.2, 0.25) is 0 Å². The molecule has 7 heteroatoms. The Kier molecular flexibility index (Phi) is 7.90. The summed E-state index contributed by atoms with van der Waals surface area (Å²) in [6.07, 6.45) is 9.92. The monoisotopic (exact) mass is 421 g/mol. The number of hydrogen-bond donors (Lipinski definition) is 3. The smallest absolute Gasteiger partial charge is 0.303 e. The van der Waals surface area contributed by atoms with Crippen LogP contribution < -0.4 is 4.72 Å². The summed E-state index contributed by atoms with van der Waals surface area (Å²) >= 11 is 0. The van der Waals surface area contributed by atoms with E-state index in [1.54, 1.807) is 19.9 Å². The van der Waals surface area contributed by atoms with Crippen LogP contribution in [0, 0.1) is 25.7 Å². The van der Waals surface area contributed by atoms with Crippen LogP contribution in [0.2, 0.25) is 0 Å². The molecule has 0 heterocycles. The molecule has 3 N–H and O–H groups in total. The first kappa shape index (κ1) is 23.0. The van der Waals surface area contributed by atoms with Crippen LogP contribution in [0.3, 0.4) is 0 Å². The highest BCUT2D eigenvalue weighted by Gasteiger charge is 2.24. The predicted octanol–water partition coefficient (Wildman–Crippen LogP) is 4.88. The summed E-state index contributed by atoms with van der Waals surface area (Å²) in [5, 5.41) is 18.3. The molecular formula is C22H31NO5S. The molecule has 0 saturated carbocycles. The van der Waals surface area contributed by atoms with Crippen LogP contribution in [0.5, 0.6) is 5.75 Å². The number of rotatable bonds is 10. The minimum absolute atomic E-state index is 0.108. The summed E-state index contributed by atoms with van der Waals surface area (Å²) in [5.41, 5.74) is 1.82. The van der Waals surface area contributed by atoms with Crippen molar-refractivity contribution in [2.24, 2.45) is 11.8 Å². The van der Waals surface area contributed by atoms with Gasteiger partial charge in [-0.1, -0.05) is 38.3 Å². The van der Waals surface area contributed by atoms with Crippen molar-refractivity contribution in [3.63, 3.8) is 0 Å². The van der Waals surface area contributed by atoms with Gasteiger partial charge < -0.3 is 10.2 Å². The van der Waals surface area contributed by atoms with Crippen molar-refractivity contribution in [2.75, 3.05) is 4.72 Å². The van der Waals surface area contributed by atoms with Crippen molar-refractivity contribution < 1.29 is 23.4 Å². The average molecular weight is 422 g/mol. The number of benzene rings is 1. The number of phenolic OH excluding ortho intramolecular Hbond substituents is 1. The zero-order chi connectivity index (χ0) is 21.6. The average Bonchev–Trinajstić information content (AvgIpc) is 2.62. The number of allylic oxidation sites excluding steroid dienone is 3. The van der Waals surface area contributed by atoms with Gasteiger partial charge >= 0.3 is 5.97 Å². The topological polar surface area (TPSA) is 104 Å². The molecule has 29 heavy (non-hydrogen) atoms. The lowest BCUT2D eigenvalue weighted by molar-refractivity contribution is -0.137. The van der Waals surface area contributed by atoms with Crippen LogP contribution in [0.25, 0.3) is 0 Å². The number of carboxylic acids is 1. The molecule has 1 aromatic rings. The predicted molar refractivity (Wildman–Crippen MR) is 115 cm³/mol. The van der Waals surface area contributed by atoms with Crippen molar-refractivity contribution in [2.45, 2.75) is 59.3 Å². The molecule has 160 valence electrons. The highest BCUT2D eigenvalue weighted by atomic mass is 32.2. The first-order valence-electron chi connectivity index (χ1n) is 10.0. The van der Waals surface area contributed by atoms with Gasteiger partial charge in [0.15, 0.2) is 0 Å². The SMILES string of the molecule is Cc1cc(O)cc(C)c1NS(=O)(=O)C1=CC(CCCCCCC(=O)O)C(C)C=C1. The third-order valence-electron chi connectivity index (χ3n) is 5.36. The van der Waals surface area contributed by atoms with E-state index in [1.807, 2.05) is 12.2 Å². The standard InChI is InChI=1S/C22H31NO5S/c1-15-10-11-20(14-18(15)8-6-4-5-7-9-21(25)26)29(27,28)23-22-16(2)12-19(24)13-17(22)3/h10-15,18,23-24H,4-9H2,1-3H3,(H,25,26). The molecule has 2 unspecified atom stereocenters. The lowest BCUT2D eigenvalue weighted by Crippen LogP contribution is -2.20. The van der Waals surface area contributed by atoms with E-state index in [2.05, 4.69) is 11.6 Å². The van der Waals surface area contributed by atoms with Gasteiger partial charge in [-0.05, 0) is 67.9 Å². The molecule has 1 aliphatic rings. The number of carboxylic acid groups (broad SMARTS) is 1. The van der Waals surface area contributed by atoms with Gasteiger partial charge in [0, 0.05) is 6.42 Å². The van der Waals surface area contributed by atoms with Crippen molar-refractivity contribution in [3.05, 3.63) is 46.4 Å².